The highest BCUT2D eigenvalue weighted by molar-refractivity contribution is 9.10. The van der Waals surface area contributed by atoms with Crippen LogP contribution in [0.15, 0.2) is 81.5 Å². The van der Waals surface area contributed by atoms with Gasteiger partial charge < -0.3 is 34.7 Å². The summed E-state index contributed by atoms with van der Waals surface area (Å²) in [4.78, 5) is 24.6. The highest BCUT2D eigenvalue weighted by Gasteiger charge is 2.32. The van der Waals surface area contributed by atoms with Crippen LogP contribution < -0.4 is 30.3 Å². The summed E-state index contributed by atoms with van der Waals surface area (Å²) >= 11 is 3.43. The number of rotatable bonds is 13. The highest BCUT2D eigenvalue weighted by atomic mass is 79.9. The van der Waals surface area contributed by atoms with E-state index < -0.39 is 24.3 Å². The average molecular weight is 672 g/mol. The van der Waals surface area contributed by atoms with Gasteiger partial charge in [-0.15, -0.1) is 0 Å². The quantitative estimate of drug-likeness (QED) is 0.0889. The SMILES string of the molecule is CCOc1cc([C@H]2NC(=O)NC(C)=C2C(=O)OC)ccc1OC[C@@H](O)N/N=C\c1cc(Br)ccc1OCc1ccc(F)cc1. The van der Waals surface area contributed by atoms with Crippen LogP contribution in [0, 0.1) is 5.82 Å². The maximum absolute atomic E-state index is 13.2. The number of amides is 2. The predicted octanol–water partition coefficient (Wildman–Crippen LogP) is 4.69. The fourth-order valence-corrected chi connectivity index (χ4v) is 4.69. The van der Waals surface area contributed by atoms with Gasteiger partial charge in [0, 0.05) is 15.7 Å². The number of aliphatic hydroxyl groups excluding tert-OH is 1. The highest BCUT2D eigenvalue weighted by Crippen LogP contribution is 2.35. The molecular weight excluding hydrogens is 639 g/mol. The second-order valence-corrected chi connectivity index (χ2v) is 10.4. The number of esters is 1. The number of aliphatic hydroxyl groups is 1. The van der Waals surface area contributed by atoms with Gasteiger partial charge in [-0.05, 0) is 67.4 Å². The standard InChI is InChI=1S/C31H32BrFN4O7/c1-4-42-26-14-20(29-28(30(39)41-3)18(2)35-31(40)36-29)7-11-25(26)44-17-27(38)37-34-15-21-13-22(32)8-12-24(21)43-16-19-5-9-23(33)10-6-19/h5-15,27,29,37-38H,4,16-17H2,1-3H3,(H2,35,36,40)/b34-15-/t27-,29-/m1/s1. The lowest BCUT2D eigenvalue weighted by molar-refractivity contribution is -0.136. The van der Waals surface area contributed by atoms with E-state index in [2.05, 4.69) is 37.1 Å². The molecule has 0 radical (unpaired) electrons. The lowest BCUT2D eigenvalue weighted by Crippen LogP contribution is -2.45. The molecule has 1 aliphatic heterocycles. The molecule has 4 rings (SSSR count). The number of halogens is 2. The van der Waals surface area contributed by atoms with Crippen molar-refractivity contribution in [3.63, 3.8) is 0 Å². The molecule has 3 aromatic carbocycles. The van der Waals surface area contributed by atoms with Crippen LogP contribution in [0.3, 0.4) is 0 Å². The zero-order valence-electron chi connectivity index (χ0n) is 24.2. The number of hydrogen-bond donors (Lipinski definition) is 4. The van der Waals surface area contributed by atoms with Crippen LogP contribution in [0.2, 0.25) is 0 Å². The Hall–Kier alpha value is -4.62. The van der Waals surface area contributed by atoms with Crippen molar-refractivity contribution in [2.75, 3.05) is 20.3 Å². The first-order valence-corrected chi connectivity index (χ1v) is 14.4. The van der Waals surface area contributed by atoms with Gasteiger partial charge in [0.15, 0.2) is 17.7 Å². The Bertz CT molecular complexity index is 1550. The third kappa shape index (κ3) is 8.48. The molecule has 0 saturated carbocycles. The zero-order chi connectivity index (χ0) is 31.6. The first-order chi connectivity index (χ1) is 21.2. The van der Waals surface area contributed by atoms with Crippen LogP contribution in [0.1, 0.15) is 36.6 Å². The Morgan fingerprint density at radius 2 is 1.84 bits per heavy atom. The van der Waals surface area contributed by atoms with E-state index in [1.807, 2.05) is 6.07 Å². The lowest BCUT2D eigenvalue weighted by atomic mass is 9.95. The monoisotopic (exact) mass is 670 g/mol. The summed E-state index contributed by atoms with van der Waals surface area (Å²) in [6, 6.07) is 15.2. The molecule has 0 bridgehead atoms. The topological polar surface area (TPSA) is 140 Å². The van der Waals surface area contributed by atoms with E-state index in [4.69, 9.17) is 18.9 Å². The van der Waals surface area contributed by atoms with E-state index in [1.165, 1.54) is 25.5 Å². The molecule has 0 fully saturated rings. The molecule has 0 unspecified atom stereocenters. The van der Waals surface area contributed by atoms with Gasteiger partial charge >= 0.3 is 12.0 Å². The number of carbonyl (C=O) groups is 2. The second-order valence-electron chi connectivity index (χ2n) is 9.51. The van der Waals surface area contributed by atoms with Gasteiger partial charge in [-0.1, -0.05) is 34.1 Å². The summed E-state index contributed by atoms with van der Waals surface area (Å²) in [5.41, 5.74) is 5.27. The molecule has 1 heterocycles. The number of benzene rings is 3. The van der Waals surface area contributed by atoms with E-state index in [1.54, 1.807) is 56.3 Å². The predicted molar refractivity (Wildman–Crippen MR) is 164 cm³/mol. The van der Waals surface area contributed by atoms with Crippen LogP contribution in [-0.2, 0) is 16.1 Å². The number of nitrogens with one attached hydrogen (secondary N) is 3. The fraction of sp³-hybridized carbons (Fsp3) is 0.258. The number of hydrogen-bond acceptors (Lipinski definition) is 9. The molecule has 0 saturated heterocycles. The molecule has 232 valence electrons. The zero-order valence-corrected chi connectivity index (χ0v) is 25.8. The maximum atomic E-state index is 13.2. The van der Waals surface area contributed by atoms with Crippen LogP contribution in [0.25, 0.3) is 0 Å². The lowest BCUT2D eigenvalue weighted by Gasteiger charge is -2.28. The second kappa shape index (κ2) is 15.2. The molecule has 0 aromatic heterocycles. The maximum Gasteiger partial charge on any atom is 0.337 e. The number of methoxy groups -OCH3 is 1. The Morgan fingerprint density at radius 3 is 2.57 bits per heavy atom. The molecule has 1 aliphatic rings. The van der Waals surface area contributed by atoms with Crippen molar-refractivity contribution in [2.45, 2.75) is 32.7 Å². The minimum Gasteiger partial charge on any atom is -0.490 e. The number of allylic oxidation sites excluding steroid dienone is 1. The Labute approximate surface area is 262 Å². The molecular formula is C31H32BrFN4O7. The summed E-state index contributed by atoms with van der Waals surface area (Å²) in [5.74, 6) is 0.332. The minimum atomic E-state index is -1.18. The van der Waals surface area contributed by atoms with Crippen molar-refractivity contribution < 1.29 is 38.0 Å². The summed E-state index contributed by atoms with van der Waals surface area (Å²) < 4.78 is 36.3. The van der Waals surface area contributed by atoms with Crippen LogP contribution in [-0.4, -0.2) is 49.9 Å². The van der Waals surface area contributed by atoms with Crippen molar-refractivity contribution >= 4 is 34.1 Å². The largest absolute Gasteiger partial charge is 0.490 e. The molecule has 13 heteroatoms. The summed E-state index contributed by atoms with van der Waals surface area (Å²) in [7, 11) is 1.27. The Kier molecular flexibility index (Phi) is 11.2. The number of hydrazone groups is 1. The molecule has 3 aromatic rings. The van der Waals surface area contributed by atoms with Crippen molar-refractivity contribution in [2.24, 2.45) is 5.10 Å². The van der Waals surface area contributed by atoms with E-state index in [-0.39, 0.29) is 24.6 Å². The van der Waals surface area contributed by atoms with Gasteiger partial charge in [0.2, 0.25) is 0 Å². The number of nitrogens with zero attached hydrogens (tertiary/aromatic N) is 1. The van der Waals surface area contributed by atoms with Crippen molar-refractivity contribution in [1.29, 1.82) is 0 Å². The fourth-order valence-electron chi connectivity index (χ4n) is 4.31. The van der Waals surface area contributed by atoms with Gasteiger partial charge in [-0.25, -0.2) is 14.0 Å². The van der Waals surface area contributed by atoms with E-state index >= 15 is 0 Å². The Balaban J connectivity index is 1.40. The van der Waals surface area contributed by atoms with Crippen molar-refractivity contribution in [3.8, 4) is 17.2 Å². The van der Waals surface area contributed by atoms with E-state index in [9.17, 15) is 19.1 Å². The third-order valence-corrected chi connectivity index (χ3v) is 6.87. The van der Waals surface area contributed by atoms with Crippen molar-refractivity contribution in [1.82, 2.24) is 16.1 Å². The molecule has 44 heavy (non-hydrogen) atoms. The molecule has 0 spiro atoms. The number of ether oxygens (including phenoxy) is 4. The van der Waals surface area contributed by atoms with Gasteiger partial charge in [0.25, 0.3) is 0 Å². The Morgan fingerprint density at radius 1 is 1.09 bits per heavy atom. The summed E-state index contributed by atoms with van der Waals surface area (Å²) in [6.07, 6.45) is 0.312. The van der Waals surface area contributed by atoms with Crippen LogP contribution in [0.4, 0.5) is 9.18 Å². The molecule has 4 N–H and O–H groups in total. The van der Waals surface area contributed by atoms with E-state index in [0.717, 1.165) is 10.0 Å². The molecule has 11 nitrogen and oxygen atoms in total. The van der Waals surface area contributed by atoms with Gasteiger partial charge in [0.05, 0.1) is 31.5 Å². The van der Waals surface area contributed by atoms with Crippen LogP contribution in [0.5, 0.6) is 17.2 Å². The normalized spacial score (nSPS) is 15.3. The first-order valence-electron chi connectivity index (χ1n) is 13.6. The summed E-state index contributed by atoms with van der Waals surface area (Å²) in [5, 5.41) is 19.9. The van der Waals surface area contributed by atoms with Gasteiger partial charge in [0.1, 0.15) is 24.8 Å². The molecule has 0 aliphatic carbocycles. The smallest absolute Gasteiger partial charge is 0.337 e. The van der Waals surface area contributed by atoms with Crippen LogP contribution >= 0.6 is 15.9 Å². The van der Waals surface area contributed by atoms with Gasteiger partial charge in [-0.3, -0.25) is 5.43 Å². The first kappa shape index (κ1) is 32.3. The van der Waals surface area contributed by atoms with E-state index in [0.29, 0.717) is 40.7 Å². The summed E-state index contributed by atoms with van der Waals surface area (Å²) in [6.45, 7) is 3.79. The van der Waals surface area contributed by atoms with Gasteiger partial charge in [-0.2, -0.15) is 5.10 Å². The average Bonchev–Trinajstić information content (AvgIpc) is 3.00. The molecule has 2 atom stereocenters. The molecule has 2 amide bonds. The third-order valence-electron chi connectivity index (χ3n) is 6.38. The van der Waals surface area contributed by atoms with Crippen molar-refractivity contribution in [3.05, 3.63) is 98.9 Å². The minimum absolute atomic E-state index is 0.181. The number of urea groups is 1. The number of carbonyl (C=O) groups excluding carboxylic acids is 2.